The van der Waals surface area contributed by atoms with Gasteiger partial charge >= 0.3 is 0 Å². The van der Waals surface area contributed by atoms with Crippen LogP contribution in [0.4, 0.5) is 0 Å². The van der Waals surface area contributed by atoms with E-state index in [4.69, 9.17) is 4.74 Å². The molecule has 16 heavy (non-hydrogen) atoms. The molecule has 1 rings (SSSR count). The Morgan fingerprint density at radius 2 is 2.25 bits per heavy atom. The number of hydrogen-bond donors (Lipinski definition) is 1. The molecule has 90 valence electrons. The van der Waals surface area contributed by atoms with Crippen LogP contribution in [0.3, 0.4) is 0 Å². The first-order valence-electron chi connectivity index (χ1n) is 5.30. The maximum atomic E-state index is 5.31. The van der Waals surface area contributed by atoms with E-state index in [1.165, 1.54) is 17.7 Å². The molecule has 0 atom stereocenters. The number of benzene rings is 1. The van der Waals surface area contributed by atoms with E-state index in [0.717, 1.165) is 23.3 Å². The molecular weight excluding hydrogens is 286 g/mol. The van der Waals surface area contributed by atoms with Crippen molar-refractivity contribution in [3.63, 3.8) is 0 Å². The fourth-order valence-electron chi connectivity index (χ4n) is 1.45. The molecule has 2 nitrogen and oxygen atoms in total. The van der Waals surface area contributed by atoms with Crippen molar-refractivity contribution in [1.82, 2.24) is 5.32 Å². The average molecular weight is 304 g/mol. The summed E-state index contributed by atoms with van der Waals surface area (Å²) in [6, 6.07) is 6.08. The number of methoxy groups -OCH3 is 1. The largest absolute Gasteiger partial charge is 0.496 e. The second kappa shape index (κ2) is 7.98. The molecule has 0 aliphatic carbocycles. The van der Waals surface area contributed by atoms with Gasteiger partial charge in [0, 0.05) is 16.6 Å². The first-order chi connectivity index (χ1) is 7.77. The van der Waals surface area contributed by atoms with Gasteiger partial charge in [-0.05, 0) is 43.2 Å². The maximum absolute atomic E-state index is 5.31. The second-order valence-electron chi connectivity index (χ2n) is 3.48. The van der Waals surface area contributed by atoms with E-state index in [2.05, 4.69) is 33.6 Å². The molecule has 1 aromatic carbocycles. The zero-order valence-corrected chi connectivity index (χ0v) is 12.2. The molecule has 0 fully saturated rings. The predicted octanol–water partition coefficient (Wildman–Crippen LogP) is 3.30. The summed E-state index contributed by atoms with van der Waals surface area (Å²) in [6.45, 7) is 1.91. The third-order valence-corrected chi connectivity index (χ3v) is 3.45. The number of rotatable bonds is 7. The fourth-order valence-corrected chi connectivity index (χ4v) is 2.29. The molecule has 1 N–H and O–H groups in total. The molecule has 0 bridgehead atoms. The van der Waals surface area contributed by atoms with E-state index < -0.39 is 0 Å². The zero-order valence-electron chi connectivity index (χ0n) is 9.75. The van der Waals surface area contributed by atoms with Crippen LogP contribution in [0.5, 0.6) is 5.75 Å². The van der Waals surface area contributed by atoms with Gasteiger partial charge in [-0.2, -0.15) is 11.8 Å². The van der Waals surface area contributed by atoms with Crippen LogP contribution in [0.25, 0.3) is 0 Å². The lowest BCUT2D eigenvalue weighted by Gasteiger charge is -2.10. The van der Waals surface area contributed by atoms with Crippen molar-refractivity contribution < 1.29 is 4.74 Å². The van der Waals surface area contributed by atoms with Crippen molar-refractivity contribution in [1.29, 1.82) is 0 Å². The number of nitrogens with one attached hydrogen (secondary N) is 1. The molecule has 0 saturated heterocycles. The Hall–Kier alpha value is -0.190. The molecular formula is C12H18BrNOS. The summed E-state index contributed by atoms with van der Waals surface area (Å²) in [4.78, 5) is 0. The van der Waals surface area contributed by atoms with Gasteiger partial charge in [0.1, 0.15) is 5.75 Å². The summed E-state index contributed by atoms with van der Waals surface area (Å²) < 4.78 is 6.41. The molecule has 0 heterocycles. The van der Waals surface area contributed by atoms with Crippen molar-refractivity contribution in [3.05, 3.63) is 28.2 Å². The zero-order chi connectivity index (χ0) is 11.8. The topological polar surface area (TPSA) is 21.3 Å². The van der Waals surface area contributed by atoms with Crippen LogP contribution in [-0.4, -0.2) is 25.7 Å². The van der Waals surface area contributed by atoms with Gasteiger partial charge in [-0.3, -0.25) is 0 Å². The Balaban J connectivity index is 2.42. The molecule has 0 aromatic heterocycles. The van der Waals surface area contributed by atoms with Crippen LogP contribution in [-0.2, 0) is 6.54 Å². The molecule has 0 aliphatic heterocycles. The summed E-state index contributed by atoms with van der Waals surface area (Å²) in [5.41, 5.74) is 1.20. The van der Waals surface area contributed by atoms with Gasteiger partial charge in [0.05, 0.1) is 7.11 Å². The first-order valence-corrected chi connectivity index (χ1v) is 7.48. The van der Waals surface area contributed by atoms with Crippen molar-refractivity contribution in [3.8, 4) is 5.75 Å². The summed E-state index contributed by atoms with van der Waals surface area (Å²) in [5.74, 6) is 2.16. The third-order valence-electron chi connectivity index (χ3n) is 2.26. The number of hydrogen-bond acceptors (Lipinski definition) is 3. The highest BCUT2D eigenvalue weighted by atomic mass is 79.9. The molecule has 0 saturated carbocycles. The van der Waals surface area contributed by atoms with Gasteiger partial charge < -0.3 is 10.1 Å². The third kappa shape index (κ3) is 4.76. The average Bonchev–Trinajstić information content (AvgIpc) is 2.29. The van der Waals surface area contributed by atoms with Gasteiger partial charge in [-0.15, -0.1) is 0 Å². The Labute approximate surface area is 110 Å². The monoisotopic (exact) mass is 303 g/mol. The van der Waals surface area contributed by atoms with Gasteiger partial charge in [0.2, 0.25) is 0 Å². The van der Waals surface area contributed by atoms with E-state index >= 15 is 0 Å². The molecule has 0 aliphatic rings. The standard InChI is InChI=1S/C12H18BrNOS/c1-15-12-5-4-11(13)8-10(12)9-14-6-3-7-16-2/h4-5,8,14H,3,6-7,9H2,1-2H3. The highest BCUT2D eigenvalue weighted by molar-refractivity contribution is 9.10. The molecule has 0 amide bonds. The summed E-state index contributed by atoms with van der Waals surface area (Å²) >= 11 is 5.36. The molecule has 0 radical (unpaired) electrons. The van der Waals surface area contributed by atoms with Crippen LogP contribution >= 0.6 is 27.7 Å². The number of ether oxygens (including phenoxy) is 1. The highest BCUT2D eigenvalue weighted by Gasteiger charge is 2.02. The van der Waals surface area contributed by atoms with Gasteiger partial charge in [0.25, 0.3) is 0 Å². The highest BCUT2D eigenvalue weighted by Crippen LogP contribution is 2.22. The Morgan fingerprint density at radius 1 is 1.44 bits per heavy atom. The van der Waals surface area contributed by atoms with Crippen LogP contribution < -0.4 is 10.1 Å². The second-order valence-corrected chi connectivity index (χ2v) is 5.38. The lowest BCUT2D eigenvalue weighted by Crippen LogP contribution is -2.15. The quantitative estimate of drug-likeness (QED) is 0.781. The SMILES string of the molecule is COc1ccc(Br)cc1CNCCCSC. The van der Waals surface area contributed by atoms with Crippen molar-refractivity contribution in [2.45, 2.75) is 13.0 Å². The van der Waals surface area contributed by atoms with Gasteiger partial charge in [0.15, 0.2) is 0 Å². The Kier molecular flexibility index (Phi) is 6.92. The molecule has 1 aromatic rings. The summed E-state index contributed by atoms with van der Waals surface area (Å²) in [7, 11) is 1.71. The van der Waals surface area contributed by atoms with Crippen LogP contribution in [0.2, 0.25) is 0 Å². The van der Waals surface area contributed by atoms with Gasteiger partial charge in [-0.25, -0.2) is 0 Å². The summed E-state index contributed by atoms with van der Waals surface area (Å²) in [6.07, 6.45) is 3.34. The van der Waals surface area contributed by atoms with Crippen molar-refractivity contribution in [2.24, 2.45) is 0 Å². The summed E-state index contributed by atoms with van der Waals surface area (Å²) in [5, 5.41) is 3.42. The number of thioether (sulfide) groups is 1. The van der Waals surface area contributed by atoms with Crippen molar-refractivity contribution in [2.75, 3.05) is 25.7 Å². The smallest absolute Gasteiger partial charge is 0.123 e. The minimum Gasteiger partial charge on any atom is -0.496 e. The van der Waals surface area contributed by atoms with E-state index in [1.54, 1.807) is 7.11 Å². The molecule has 4 heteroatoms. The van der Waals surface area contributed by atoms with E-state index in [9.17, 15) is 0 Å². The van der Waals surface area contributed by atoms with E-state index in [1.807, 2.05) is 23.9 Å². The lowest BCUT2D eigenvalue weighted by atomic mass is 10.2. The maximum Gasteiger partial charge on any atom is 0.123 e. The van der Waals surface area contributed by atoms with Crippen LogP contribution in [0.15, 0.2) is 22.7 Å². The Morgan fingerprint density at radius 3 is 2.94 bits per heavy atom. The van der Waals surface area contributed by atoms with Crippen molar-refractivity contribution >= 4 is 27.7 Å². The number of halogens is 1. The van der Waals surface area contributed by atoms with Crippen LogP contribution in [0, 0.1) is 0 Å². The molecule has 0 spiro atoms. The lowest BCUT2D eigenvalue weighted by molar-refractivity contribution is 0.407. The normalized spacial score (nSPS) is 10.4. The van der Waals surface area contributed by atoms with E-state index in [0.29, 0.717) is 0 Å². The van der Waals surface area contributed by atoms with Gasteiger partial charge in [-0.1, -0.05) is 15.9 Å². The minimum atomic E-state index is 0.858. The Bertz CT molecular complexity index is 320. The predicted molar refractivity (Wildman–Crippen MR) is 75.4 cm³/mol. The first kappa shape index (κ1) is 13.9. The van der Waals surface area contributed by atoms with E-state index in [-0.39, 0.29) is 0 Å². The van der Waals surface area contributed by atoms with Crippen LogP contribution in [0.1, 0.15) is 12.0 Å². The fraction of sp³-hybridized carbons (Fsp3) is 0.500. The minimum absolute atomic E-state index is 0.858. The molecule has 0 unspecified atom stereocenters.